The van der Waals surface area contributed by atoms with Crippen molar-refractivity contribution >= 4 is 17.3 Å². The van der Waals surface area contributed by atoms with Gasteiger partial charge in [0, 0.05) is 30.3 Å². The Morgan fingerprint density at radius 3 is 2.58 bits per heavy atom. The fraction of sp³-hybridized carbons (Fsp3) is 0.250. The second kappa shape index (κ2) is 8.17. The fourth-order valence-corrected chi connectivity index (χ4v) is 2.93. The molecular formula is C20H19N3O3. The molecule has 132 valence electrons. The molecule has 1 saturated heterocycles. The summed E-state index contributed by atoms with van der Waals surface area (Å²) in [6, 6.07) is 14.1. The molecule has 2 aromatic rings. The number of rotatable bonds is 4. The standard InChI is InChI=1S/C20H19N3O3/c24-20(21-12-6-9-16-7-2-1-3-8-16)17-10-11-18(19(15-17)23(25)26)22-13-4-5-14-22/h1-3,7-8,10-11,15H,4-5,12-14H2,(H,21,24). The summed E-state index contributed by atoms with van der Waals surface area (Å²) >= 11 is 0. The van der Waals surface area contributed by atoms with E-state index < -0.39 is 4.92 Å². The molecule has 0 radical (unpaired) electrons. The molecule has 1 fully saturated rings. The minimum atomic E-state index is -0.431. The van der Waals surface area contributed by atoms with Crippen LogP contribution in [0.3, 0.4) is 0 Å². The van der Waals surface area contributed by atoms with Crippen LogP contribution in [0.5, 0.6) is 0 Å². The third-order valence-corrected chi connectivity index (χ3v) is 4.22. The lowest BCUT2D eigenvalue weighted by molar-refractivity contribution is -0.384. The van der Waals surface area contributed by atoms with Crippen molar-refractivity contribution in [2.45, 2.75) is 12.8 Å². The lowest BCUT2D eigenvalue weighted by Crippen LogP contribution is -2.24. The second-order valence-corrected chi connectivity index (χ2v) is 6.01. The van der Waals surface area contributed by atoms with Crippen LogP contribution >= 0.6 is 0 Å². The first kappa shape index (κ1) is 17.5. The third-order valence-electron chi connectivity index (χ3n) is 4.22. The van der Waals surface area contributed by atoms with Crippen LogP contribution in [0.15, 0.2) is 48.5 Å². The zero-order chi connectivity index (χ0) is 18.4. The molecule has 0 aromatic heterocycles. The topological polar surface area (TPSA) is 75.5 Å². The highest BCUT2D eigenvalue weighted by Gasteiger charge is 2.23. The number of carbonyl (C=O) groups is 1. The van der Waals surface area contributed by atoms with Crippen LogP contribution in [0.1, 0.15) is 28.8 Å². The average molecular weight is 349 g/mol. The third kappa shape index (κ3) is 4.19. The number of amides is 1. The largest absolute Gasteiger partial charge is 0.366 e. The summed E-state index contributed by atoms with van der Waals surface area (Å²) in [7, 11) is 0. The first-order valence-electron chi connectivity index (χ1n) is 8.50. The first-order chi connectivity index (χ1) is 12.6. The highest BCUT2D eigenvalue weighted by Crippen LogP contribution is 2.31. The molecule has 0 saturated carbocycles. The number of nitrogens with zero attached hydrogens (tertiary/aromatic N) is 2. The van der Waals surface area contributed by atoms with Gasteiger partial charge in [0.15, 0.2) is 0 Å². The van der Waals surface area contributed by atoms with Gasteiger partial charge in [-0.15, -0.1) is 0 Å². The maximum atomic E-state index is 12.2. The Kier molecular flexibility index (Phi) is 5.49. The van der Waals surface area contributed by atoms with Gasteiger partial charge in [0.2, 0.25) is 0 Å². The Bertz CT molecular complexity index is 863. The minimum Gasteiger partial charge on any atom is -0.366 e. The number of carbonyl (C=O) groups excluding carboxylic acids is 1. The maximum absolute atomic E-state index is 12.2. The normalized spacial score (nSPS) is 13.0. The summed E-state index contributed by atoms with van der Waals surface area (Å²) in [5.74, 6) is 5.45. The summed E-state index contributed by atoms with van der Waals surface area (Å²) in [5, 5.41) is 14.1. The molecule has 0 aliphatic carbocycles. The van der Waals surface area contributed by atoms with E-state index in [4.69, 9.17) is 0 Å². The second-order valence-electron chi connectivity index (χ2n) is 6.01. The predicted octanol–water partition coefficient (Wildman–Crippen LogP) is 2.98. The van der Waals surface area contributed by atoms with Crippen LogP contribution in [0.4, 0.5) is 11.4 Å². The predicted molar refractivity (Wildman–Crippen MR) is 100 cm³/mol. The molecule has 1 aliphatic rings. The quantitative estimate of drug-likeness (QED) is 0.523. The first-order valence-corrected chi connectivity index (χ1v) is 8.50. The van der Waals surface area contributed by atoms with Crippen LogP contribution in [-0.2, 0) is 0 Å². The van der Waals surface area contributed by atoms with Crippen LogP contribution < -0.4 is 10.2 Å². The Balaban J connectivity index is 1.68. The van der Waals surface area contributed by atoms with Gasteiger partial charge in [0.25, 0.3) is 11.6 Å². The van der Waals surface area contributed by atoms with Gasteiger partial charge in [-0.3, -0.25) is 14.9 Å². The average Bonchev–Trinajstić information content (AvgIpc) is 3.20. The van der Waals surface area contributed by atoms with E-state index in [0.717, 1.165) is 31.5 Å². The van der Waals surface area contributed by atoms with Crippen molar-refractivity contribution < 1.29 is 9.72 Å². The Labute approximate surface area is 152 Å². The summed E-state index contributed by atoms with van der Waals surface area (Å²) in [6.07, 6.45) is 2.05. The minimum absolute atomic E-state index is 0.0325. The van der Waals surface area contributed by atoms with Gasteiger partial charge in [0.1, 0.15) is 5.69 Å². The van der Waals surface area contributed by atoms with Gasteiger partial charge >= 0.3 is 0 Å². The molecule has 0 spiro atoms. The van der Waals surface area contributed by atoms with Crippen molar-refractivity contribution in [1.29, 1.82) is 0 Å². The molecular weight excluding hydrogens is 330 g/mol. The van der Waals surface area contributed by atoms with Crippen molar-refractivity contribution in [3.8, 4) is 11.8 Å². The zero-order valence-electron chi connectivity index (χ0n) is 14.3. The molecule has 1 N–H and O–H groups in total. The smallest absolute Gasteiger partial charge is 0.293 e. The van der Waals surface area contributed by atoms with E-state index in [-0.39, 0.29) is 23.7 Å². The van der Waals surface area contributed by atoms with Crippen molar-refractivity contribution in [3.05, 3.63) is 69.8 Å². The lowest BCUT2D eigenvalue weighted by Gasteiger charge is -2.17. The van der Waals surface area contributed by atoms with Crippen molar-refractivity contribution in [2.24, 2.45) is 0 Å². The number of benzene rings is 2. The molecule has 1 aliphatic heterocycles. The highest BCUT2D eigenvalue weighted by molar-refractivity contribution is 5.96. The van der Waals surface area contributed by atoms with Crippen LogP contribution in [0.2, 0.25) is 0 Å². The van der Waals surface area contributed by atoms with Gasteiger partial charge in [0.05, 0.1) is 11.5 Å². The van der Waals surface area contributed by atoms with E-state index in [1.807, 2.05) is 35.2 Å². The van der Waals surface area contributed by atoms with Gasteiger partial charge in [-0.25, -0.2) is 0 Å². The number of nitro groups is 1. The van der Waals surface area contributed by atoms with Crippen molar-refractivity contribution in [2.75, 3.05) is 24.5 Å². The Hall–Kier alpha value is -3.33. The fourth-order valence-electron chi connectivity index (χ4n) is 2.93. The van der Waals surface area contributed by atoms with Crippen molar-refractivity contribution in [3.63, 3.8) is 0 Å². The monoisotopic (exact) mass is 349 g/mol. The van der Waals surface area contributed by atoms with Crippen molar-refractivity contribution in [1.82, 2.24) is 5.32 Å². The van der Waals surface area contributed by atoms with E-state index in [1.54, 1.807) is 12.1 Å². The SMILES string of the molecule is O=C(NCC#Cc1ccccc1)c1ccc(N2CCCC2)c([N+](=O)[O-])c1. The lowest BCUT2D eigenvalue weighted by atomic mass is 10.1. The van der Waals surface area contributed by atoms with Gasteiger partial charge < -0.3 is 10.2 Å². The van der Waals surface area contributed by atoms with E-state index in [1.165, 1.54) is 6.07 Å². The molecule has 0 atom stereocenters. The molecule has 2 aromatic carbocycles. The van der Waals surface area contributed by atoms with E-state index in [9.17, 15) is 14.9 Å². The van der Waals surface area contributed by atoms with Gasteiger partial charge in [-0.05, 0) is 37.1 Å². The molecule has 6 nitrogen and oxygen atoms in total. The van der Waals surface area contributed by atoms with Crippen LogP contribution in [-0.4, -0.2) is 30.5 Å². The summed E-state index contributed by atoms with van der Waals surface area (Å²) in [4.78, 5) is 25.2. The number of hydrogen-bond acceptors (Lipinski definition) is 4. The summed E-state index contributed by atoms with van der Waals surface area (Å²) in [5.41, 5.74) is 1.68. The van der Waals surface area contributed by atoms with Gasteiger partial charge in [-0.2, -0.15) is 0 Å². The molecule has 0 unspecified atom stereocenters. The van der Waals surface area contributed by atoms with E-state index in [2.05, 4.69) is 17.2 Å². The molecule has 3 rings (SSSR count). The molecule has 1 heterocycles. The number of hydrogen-bond donors (Lipinski definition) is 1. The molecule has 26 heavy (non-hydrogen) atoms. The summed E-state index contributed by atoms with van der Waals surface area (Å²) in [6.45, 7) is 1.79. The van der Waals surface area contributed by atoms with E-state index in [0.29, 0.717) is 5.69 Å². The van der Waals surface area contributed by atoms with E-state index >= 15 is 0 Å². The Morgan fingerprint density at radius 1 is 1.15 bits per heavy atom. The molecule has 6 heteroatoms. The zero-order valence-corrected chi connectivity index (χ0v) is 14.3. The molecule has 1 amide bonds. The Morgan fingerprint density at radius 2 is 1.88 bits per heavy atom. The maximum Gasteiger partial charge on any atom is 0.293 e. The molecule has 0 bridgehead atoms. The highest BCUT2D eigenvalue weighted by atomic mass is 16.6. The number of nitro benzene ring substituents is 1. The number of nitrogens with one attached hydrogen (secondary N) is 1. The summed E-state index contributed by atoms with van der Waals surface area (Å²) < 4.78 is 0. The number of anilines is 1. The van der Waals surface area contributed by atoms with Gasteiger partial charge in [-0.1, -0.05) is 30.0 Å². The van der Waals surface area contributed by atoms with Crippen LogP contribution in [0.25, 0.3) is 0 Å². The van der Waals surface area contributed by atoms with Crippen LogP contribution in [0, 0.1) is 22.0 Å².